The zero-order valence-electron chi connectivity index (χ0n) is 3.76. The third-order valence-electron chi connectivity index (χ3n) is 0.443. The zero-order chi connectivity index (χ0) is 5.15. The molecule has 0 fully saturated rings. The molecule has 0 N–H and O–H groups in total. The van der Waals surface area contributed by atoms with Gasteiger partial charge in [0, 0.05) is 0 Å². The number of carbonyl (C=O) groups is 1. The maximum Gasteiger partial charge on any atom is 0.397 e. The lowest BCUT2D eigenvalue weighted by Gasteiger charge is -1.71. The molecule has 0 aromatic carbocycles. The minimum atomic E-state index is -0.0926. The van der Waals surface area contributed by atoms with Gasteiger partial charge in [-0.1, -0.05) is 3.95 Å². The second-order valence-corrected chi connectivity index (χ2v) is 1.56. The molecule has 34 valence electrons. The molecule has 0 aromatic rings. The highest BCUT2D eigenvalue weighted by Crippen LogP contribution is 1.61. The summed E-state index contributed by atoms with van der Waals surface area (Å²) in [5.41, 5.74) is 0. The van der Waals surface area contributed by atoms with E-state index in [4.69, 9.17) is 0 Å². The summed E-state index contributed by atoms with van der Waals surface area (Å²) in [5.74, 6) is -0.0926. The topological polar surface area (TPSA) is 20.1 Å². The monoisotopic (exact) mass is 104 g/mol. The third-order valence-corrected chi connectivity index (χ3v) is 0.701. The first-order chi connectivity index (χ1) is 2.64. The SMILES string of the molecule is CC(=O)[N+](C)=S. The molecule has 0 heterocycles. The maximum atomic E-state index is 9.97. The standard InChI is InChI=1S/C3H6NOS/c1-3(5)4(2)6/h1-2H3/q+1. The van der Waals surface area contributed by atoms with Gasteiger partial charge in [0.2, 0.25) is 0 Å². The van der Waals surface area contributed by atoms with Crippen LogP contribution in [0.25, 0.3) is 0 Å². The normalized spacial score (nSPS) is 7.67. The fourth-order valence-electron chi connectivity index (χ4n) is 0. The average molecular weight is 104 g/mol. The fourth-order valence-corrected chi connectivity index (χ4v) is 0. The van der Waals surface area contributed by atoms with Gasteiger partial charge in [-0.15, -0.1) is 0 Å². The van der Waals surface area contributed by atoms with Gasteiger partial charge >= 0.3 is 5.91 Å². The Morgan fingerprint density at radius 3 is 2.00 bits per heavy atom. The quantitative estimate of drug-likeness (QED) is 0.400. The van der Waals surface area contributed by atoms with E-state index in [1.165, 1.54) is 14.0 Å². The highest BCUT2D eigenvalue weighted by molar-refractivity contribution is 7.44. The van der Waals surface area contributed by atoms with Gasteiger partial charge in [-0.05, 0) is 0 Å². The van der Waals surface area contributed by atoms with E-state index < -0.39 is 0 Å². The molecule has 1 amide bonds. The Labute approximate surface area is 41.9 Å². The van der Waals surface area contributed by atoms with Crippen LogP contribution in [0.15, 0.2) is 0 Å². The van der Waals surface area contributed by atoms with Gasteiger partial charge in [-0.2, -0.15) is 0 Å². The molecule has 0 bridgehead atoms. The molecule has 2 nitrogen and oxygen atoms in total. The van der Waals surface area contributed by atoms with Crippen LogP contribution in [0.4, 0.5) is 0 Å². The van der Waals surface area contributed by atoms with Gasteiger partial charge in [-0.25, -0.2) is 4.79 Å². The van der Waals surface area contributed by atoms with Crippen molar-refractivity contribution in [1.29, 1.82) is 0 Å². The van der Waals surface area contributed by atoms with E-state index in [-0.39, 0.29) is 5.91 Å². The predicted octanol–water partition coefficient (Wildman–Crippen LogP) is -0.0943. The van der Waals surface area contributed by atoms with Gasteiger partial charge in [-0.3, -0.25) is 0 Å². The number of hydrogen-bond acceptors (Lipinski definition) is 2. The second kappa shape index (κ2) is 1.97. The van der Waals surface area contributed by atoms with Crippen molar-refractivity contribution < 1.29 is 8.74 Å². The van der Waals surface area contributed by atoms with Crippen LogP contribution in [0.2, 0.25) is 0 Å². The molecular formula is C3H6NOS+. The average Bonchev–Trinajstić information content (AvgIpc) is 1.36. The van der Waals surface area contributed by atoms with Crippen molar-refractivity contribution in [2.75, 3.05) is 7.05 Å². The van der Waals surface area contributed by atoms with Crippen LogP contribution in [-0.4, -0.2) is 16.9 Å². The molecular weight excluding hydrogens is 98.1 g/mol. The summed E-state index contributed by atoms with van der Waals surface area (Å²) in [6.45, 7) is 1.42. The summed E-state index contributed by atoms with van der Waals surface area (Å²) >= 11 is 4.39. The fraction of sp³-hybridized carbons (Fsp3) is 0.667. The van der Waals surface area contributed by atoms with Crippen molar-refractivity contribution in [3.05, 3.63) is 0 Å². The van der Waals surface area contributed by atoms with E-state index in [0.717, 1.165) is 3.95 Å². The molecule has 0 spiro atoms. The summed E-state index contributed by atoms with van der Waals surface area (Å²) in [6.07, 6.45) is 0. The van der Waals surface area contributed by atoms with Crippen molar-refractivity contribution in [2.45, 2.75) is 6.92 Å². The summed E-state index contributed by atoms with van der Waals surface area (Å²) in [5, 5.41) is 0. The first-order valence-corrected chi connectivity index (χ1v) is 1.92. The van der Waals surface area contributed by atoms with Crippen molar-refractivity contribution in [2.24, 2.45) is 0 Å². The van der Waals surface area contributed by atoms with E-state index in [9.17, 15) is 4.79 Å². The molecule has 0 aliphatic heterocycles. The van der Waals surface area contributed by atoms with E-state index in [0.29, 0.717) is 0 Å². The van der Waals surface area contributed by atoms with Gasteiger partial charge in [0.05, 0.1) is 6.92 Å². The minimum Gasteiger partial charge on any atom is -0.219 e. The number of hydrogen-bond donors (Lipinski definition) is 0. The Balaban J connectivity index is 3.57. The predicted molar refractivity (Wildman–Crippen MR) is 24.2 cm³/mol. The molecule has 0 aromatic heterocycles. The van der Waals surface area contributed by atoms with Crippen LogP contribution >= 0.6 is 0 Å². The van der Waals surface area contributed by atoms with Crippen LogP contribution in [0, 0.1) is 0 Å². The highest BCUT2D eigenvalue weighted by atomic mass is 32.1. The van der Waals surface area contributed by atoms with E-state index in [2.05, 4.69) is 12.4 Å². The van der Waals surface area contributed by atoms with Gasteiger partial charge in [0.1, 0.15) is 0 Å². The van der Waals surface area contributed by atoms with Crippen LogP contribution < -0.4 is 0 Å². The van der Waals surface area contributed by atoms with E-state index in [1.807, 2.05) is 0 Å². The highest BCUT2D eigenvalue weighted by Gasteiger charge is 1.97. The summed E-state index contributed by atoms with van der Waals surface area (Å²) in [6, 6.07) is 0. The zero-order valence-corrected chi connectivity index (χ0v) is 4.58. The number of amides is 1. The summed E-state index contributed by atoms with van der Waals surface area (Å²) < 4.78 is 1.11. The first kappa shape index (κ1) is 5.69. The lowest BCUT2D eigenvalue weighted by atomic mass is 10.7. The minimum absolute atomic E-state index is 0.0926. The number of carbonyl (C=O) groups excluding carboxylic acids is 1. The van der Waals surface area contributed by atoms with Crippen molar-refractivity contribution in [3.8, 4) is 0 Å². The maximum absolute atomic E-state index is 9.97. The van der Waals surface area contributed by atoms with Crippen LogP contribution in [0.5, 0.6) is 0 Å². The van der Waals surface area contributed by atoms with Gasteiger partial charge < -0.3 is 0 Å². The molecule has 0 saturated heterocycles. The van der Waals surface area contributed by atoms with Crippen LogP contribution in [0.1, 0.15) is 6.92 Å². The third kappa shape index (κ3) is 1.96. The smallest absolute Gasteiger partial charge is 0.219 e. The largest absolute Gasteiger partial charge is 0.397 e. The van der Waals surface area contributed by atoms with Crippen molar-refractivity contribution in [3.63, 3.8) is 0 Å². The molecule has 0 saturated carbocycles. The summed E-state index contributed by atoms with van der Waals surface area (Å²) in [4.78, 5) is 9.97. The van der Waals surface area contributed by atoms with Gasteiger partial charge in [0.15, 0.2) is 7.05 Å². The van der Waals surface area contributed by atoms with Crippen LogP contribution in [-0.2, 0) is 17.2 Å². The molecule has 0 radical (unpaired) electrons. The second-order valence-electron chi connectivity index (χ2n) is 1.02. The Morgan fingerprint density at radius 2 is 2.00 bits per heavy atom. The number of rotatable bonds is 0. The first-order valence-electron chi connectivity index (χ1n) is 1.56. The molecule has 0 unspecified atom stereocenters. The number of nitrogens with zero attached hydrogens (tertiary/aromatic N) is 1. The molecule has 0 aliphatic carbocycles. The van der Waals surface area contributed by atoms with Crippen LogP contribution in [0.3, 0.4) is 0 Å². The Hall–Kier alpha value is -0.310. The Bertz CT molecular complexity index is 76.8. The Kier molecular flexibility index (Phi) is 1.87. The molecule has 0 rings (SSSR count). The molecule has 0 aliphatic rings. The Morgan fingerprint density at radius 1 is 1.83 bits per heavy atom. The van der Waals surface area contributed by atoms with E-state index >= 15 is 0 Å². The van der Waals surface area contributed by atoms with Gasteiger partial charge in [0.25, 0.3) is 12.4 Å². The molecule has 0 atom stereocenters. The lowest BCUT2D eigenvalue weighted by molar-refractivity contribution is -0.388. The van der Waals surface area contributed by atoms with E-state index in [1.54, 1.807) is 0 Å². The van der Waals surface area contributed by atoms with Crippen molar-refractivity contribution in [1.82, 2.24) is 0 Å². The molecule has 6 heavy (non-hydrogen) atoms. The summed E-state index contributed by atoms with van der Waals surface area (Å²) in [7, 11) is 1.54. The lowest BCUT2D eigenvalue weighted by Crippen LogP contribution is -2.06. The molecule has 3 heteroatoms. The van der Waals surface area contributed by atoms with Crippen molar-refractivity contribution >= 4 is 18.3 Å².